The summed E-state index contributed by atoms with van der Waals surface area (Å²) < 4.78 is 0. The van der Waals surface area contributed by atoms with Crippen molar-refractivity contribution in [1.82, 2.24) is 9.80 Å². The SMILES string of the molecule is O=C([C@@H]1C2CCC(CC2)N1C(=O)CCCC=C(C1CC1)C1CC1)N1CCCC1. The maximum absolute atomic E-state index is 13.2. The lowest BCUT2D eigenvalue weighted by Crippen LogP contribution is -2.62. The summed E-state index contributed by atoms with van der Waals surface area (Å²) in [6, 6.07) is 0.167. The molecule has 3 aliphatic carbocycles. The minimum atomic E-state index is -0.151. The van der Waals surface area contributed by atoms with Crippen molar-refractivity contribution in [2.75, 3.05) is 13.1 Å². The quantitative estimate of drug-likeness (QED) is 0.485. The minimum Gasteiger partial charge on any atom is -0.341 e. The third-order valence-corrected chi connectivity index (χ3v) is 7.91. The van der Waals surface area contributed by atoms with E-state index in [1.165, 1.54) is 25.7 Å². The number of amides is 2. The Morgan fingerprint density at radius 2 is 1.50 bits per heavy atom. The van der Waals surface area contributed by atoms with Crippen LogP contribution in [0.2, 0.25) is 0 Å². The largest absolute Gasteiger partial charge is 0.341 e. The van der Waals surface area contributed by atoms with Gasteiger partial charge in [0, 0.05) is 25.6 Å². The van der Waals surface area contributed by atoms with Gasteiger partial charge in [0.15, 0.2) is 0 Å². The van der Waals surface area contributed by atoms with Crippen molar-refractivity contribution in [3.63, 3.8) is 0 Å². The van der Waals surface area contributed by atoms with Gasteiger partial charge in [0.1, 0.15) is 6.04 Å². The Labute approximate surface area is 169 Å². The van der Waals surface area contributed by atoms with E-state index < -0.39 is 0 Å². The zero-order chi connectivity index (χ0) is 19.1. The number of piperidine rings is 2. The van der Waals surface area contributed by atoms with Crippen LogP contribution in [0.4, 0.5) is 0 Å². The summed E-state index contributed by atoms with van der Waals surface area (Å²) in [5.74, 6) is 2.66. The molecule has 6 rings (SSSR count). The van der Waals surface area contributed by atoms with E-state index in [9.17, 15) is 9.59 Å². The number of fused-ring (bicyclic) bond motifs is 3. The number of allylic oxidation sites excluding steroid dienone is 2. The van der Waals surface area contributed by atoms with Gasteiger partial charge in [-0.05, 0) is 94.8 Å². The summed E-state index contributed by atoms with van der Waals surface area (Å²) in [4.78, 5) is 30.5. The first-order valence-electron chi connectivity index (χ1n) is 12.0. The molecule has 2 amide bonds. The molecule has 0 aromatic carbocycles. The Hall–Kier alpha value is -1.32. The first-order chi connectivity index (χ1) is 13.7. The van der Waals surface area contributed by atoms with Crippen LogP contribution >= 0.6 is 0 Å². The summed E-state index contributed by atoms with van der Waals surface area (Å²) in [7, 11) is 0. The summed E-state index contributed by atoms with van der Waals surface area (Å²) in [5, 5.41) is 0. The molecule has 0 N–H and O–H groups in total. The third kappa shape index (κ3) is 3.76. The zero-order valence-electron chi connectivity index (χ0n) is 17.3. The van der Waals surface area contributed by atoms with Crippen LogP contribution < -0.4 is 0 Å². The van der Waals surface area contributed by atoms with Gasteiger partial charge in [-0.15, -0.1) is 0 Å². The number of hydrogen-bond donors (Lipinski definition) is 0. The smallest absolute Gasteiger partial charge is 0.245 e. The van der Waals surface area contributed by atoms with Crippen LogP contribution in [0.3, 0.4) is 0 Å². The second kappa shape index (κ2) is 7.84. The highest BCUT2D eigenvalue weighted by Gasteiger charge is 2.48. The molecule has 1 atom stereocenters. The molecule has 0 spiro atoms. The lowest BCUT2D eigenvalue weighted by atomic mass is 9.74. The monoisotopic (exact) mass is 384 g/mol. The number of carbonyl (C=O) groups excluding carboxylic acids is 2. The van der Waals surface area contributed by atoms with Gasteiger partial charge < -0.3 is 9.80 Å². The first-order valence-corrected chi connectivity index (χ1v) is 12.0. The molecule has 0 unspecified atom stereocenters. The Morgan fingerprint density at radius 1 is 0.857 bits per heavy atom. The molecule has 4 nitrogen and oxygen atoms in total. The fourth-order valence-corrected chi connectivity index (χ4v) is 6.10. The number of likely N-dealkylation sites (tertiary alicyclic amines) is 1. The summed E-state index contributed by atoms with van der Waals surface area (Å²) >= 11 is 0. The van der Waals surface area contributed by atoms with Crippen LogP contribution in [0.5, 0.6) is 0 Å². The number of hydrogen-bond acceptors (Lipinski definition) is 2. The molecule has 154 valence electrons. The van der Waals surface area contributed by atoms with E-state index in [0.29, 0.717) is 18.4 Å². The van der Waals surface area contributed by atoms with Crippen LogP contribution in [0, 0.1) is 17.8 Å². The molecule has 3 heterocycles. The van der Waals surface area contributed by atoms with E-state index >= 15 is 0 Å². The molecule has 3 saturated heterocycles. The summed E-state index contributed by atoms with van der Waals surface area (Å²) in [5.41, 5.74) is 1.71. The Morgan fingerprint density at radius 3 is 2.11 bits per heavy atom. The van der Waals surface area contributed by atoms with Crippen molar-refractivity contribution in [1.29, 1.82) is 0 Å². The van der Waals surface area contributed by atoms with Gasteiger partial charge in [-0.25, -0.2) is 0 Å². The predicted molar refractivity (Wildman–Crippen MR) is 110 cm³/mol. The average molecular weight is 385 g/mol. The van der Waals surface area contributed by atoms with Crippen LogP contribution in [0.1, 0.15) is 83.5 Å². The van der Waals surface area contributed by atoms with Crippen molar-refractivity contribution >= 4 is 11.8 Å². The lowest BCUT2D eigenvalue weighted by Gasteiger charge is -2.51. The van der Waals surface area contributed by atoms with E-state index in [1.807, 2.05) is 4.90 Å². The summed E-state index contributed by atoms with van der Waals surface area (Å²) in [6.45, 7) is 1.79. The van der Waals surface area contributed by atoms with Gasteiger partial charge in [0.25, 0.3) is 0 Å². The molecule has 0 radical (unpaired) electrons. The minimum absolute atomic E-state index is 0.151. The highest BCUT2D eigenvalue weighted by atomic mass is 16.2. The second-order valence-corrected chi connectivity index (χ2v) is 9.99. The molecule has 0 aromatic rings. The molecular weight excluding hydrogens is 348 g/mol. The zero-order valence-corrected chi connectivity index (χ0v) is 17.3. The molecule has 4 heteroatoms. The Balaban J connectivity index is 1.20. The van der Waals surface area contributed by atoms with Gasteiger partial charge in [-0.3, -0.25) is 9.59 Å². The molecule has 28 heavy (non-hydrogen) atoms. The maximum atomic E-state index is 13.2. The van der Waals surface area contributed by atoms with E-state index in [2.05, 4.69) is 11.0 Å². The average Bonchev–Trinajstić information content (AvgIpc) is 3.67. The predicted octanol–water partition coefficient (Wildman–Crippen LogP) is 4.30. The van der Waals surface area contributed by atoms with Crippen molar-refractivity contribution in [2.45, 2.75) is 95.6 Å². The highest BCUT2D eigenvalue weighted by molar-refractivity contribution is 5.89. The van der Waals surface area contributed by atoms with Crippen molar-refractivity contribution in [3.05, 3.63) is 11.6 Å². The van der Waals surface area contributed by atoms with Gasteiger partial charge in [0.05, 0.1) is 0 Å². The van der Waals surface area contributed by atoms with Crippen LogP contribution in [0.25, 0.3) is 0 Å². The van der Waals surface area contributed by atoms with Crippen molar-refractivity contribution in [2.24, 2.45) is 17.8 Å². The Kier molecular flexibility index (Phi) is 5.23. The van der Waals surface area contributed by atoms with Crippen molar-refractivity contribution in [3.8, 4) is 0 Å². The Bertz CT molecular complexity index is 621. The molecule has 3 saturated carbocycles. The molecule has 2 bridgehead atoms. The molecule has 0 aromatic heterocycles. The van der Waals surface area contributed by atoms with E-state index in [4.69, 9.17) is 0 Å². The number of unbranched alkanes of at least 4 members (excludes halogenated alkanes) is 1. The van der Waals surface area contributed by atoms with Gasteiger partial charge in [0.2, 0.25) is 11.8 Å². The van der Waals surface area contributed by atoms with Gasteiger partial charge in [-0.1, -0.05) is 11.6 Å². The summed E-state index contributed by atoms with van der Waals surface area (Å²) in [6.07, 6.45) is 17.3. The third-order valence-electron chi connectivity index (χ3n) is 7.91. The molecular formula is C24H36N2O2. The van der Waals surface area contributed by atoms with Gasteiger partial charge >= 0.3 is 0 Å². The van der Waals surface area contributed by atoms with E-state index in [-0.39, 0.29) is 17.9 Å². The number of rotatable bonds is 7. The standard InChI is InChI=1S/C24H36N2O2/c27-22(6-2-1-5-21(17-7-8-17)18-9-10-18)26-20-13-11-19(12-14-20)23(26)24(28)25-15-3-4-16-25/h5,17-20,23H,1-4,6-16H2/t19?,20?,23-/m0/s1. The van der Waals surface area contributed by atoms with Gasteiger partial charge in [-0.2, -0.15) is 0 Å². The first kappa shape index (κ1) is 18.7. The van der Waals surface area contributed by atoms with Crippen molar-refractivity contribution < 1.29 is 9.59 Å². The fourth-order valence-electron chi connectivity index (χ4n) is 6.10. The molecule has 6 fully saturated rings. The van der Waals surface area contributed by atoms with Crippen LogP contribution in [-0.4, -0.2) is 46.8 Å². The van der Waals surface area contributed by atoms with Crippen LogP contribution in [-0.2, 0) is 9.59 Å². The maximum Gasteiger partial charge on any atom is 0.245 e. The van der Waals surface area contributed by atoms with Crippen LogP contribution in [0.15, 0.2) is 11.6 Å². The van der Waals surface area contributed by atoms with E-state index in [1.54, 1.807) is 5.57 Å². The fraction of sp³-hybridized carbons (Fsp3) is 0.833. The number of nitrogens with zero attached hydrogens (tertiary/aromatic N) is 2. The van der Waals surface area contributed by atoms with E-state index in [0.717, 1.165) is 76.3 Å². The normalized spacial score (nSPS) is 31.9. The number of carbonyl (C=O) groups is 2. The highest BCUT2D eigenvalue weighted by Crippen LogP contribution is 2.49. The molecule has 3 aliphatic heterocycles. The molecule has 6 aliphatic rings. The topological polar surface area (TPSA) is 40.6 Å². The lowest BCUT2D eigenvalue weighted by molar-refractivity contribution is -0.158. The second-order valence-electron chi connectivity index (χ2n) is 9.99.